The van der Waals surface area contributed by atoms with Gasteiger partial charge in [-0.2, -0.15) is 0 Å². The summed E-state index contributed by atoms with van der Waals surface area (Å²) in [6, 6.07) is 12.4. The maximum absolute atomic E-state index is 13.0. The normalized spacial score (nSPS) is 18.3. The van der Waals surface area contributed by atoms with Gasteiger partial charge in [-0.1, -0.05) is 50.2 Å². The number of carbonyl (C=O) groups is 2. The molecule has 1 atom stereocenters. The Labute approximate surface area is 199 Å². The molecule has 1 unspecified atom stereocenters. The molecule has 1 heterocycles. The Bertz CT molecular complexity index is 1120. The lowest BCUT2D eigenvalue weighted by Crippen LogP contribution is -2.58. The number of benzene rings is 2. The molecule has 1 aliphatic heterocycles. The second-order valence-corrected chi connectivity index (χ2v) is 9.15. The predicted octanol–water partition coefficient (Wildman–Crippen LogP) is 3.48. The van der Waals surface area contributed by atoms with Crippen molar-refractivity contribution in [3.63, 3.8) is 0 Å². The molecule has 4 rings (SSSR count). The van der Waals surface area contributed by atoms with E-state index in [-0.39, 0.29) is 34.4 Å². The van der Waals surface area contributed by atoms with Crippen molar-refractivity contribution in [2.45, 2.75) is 44.7 Å². The number of nitrogens with zero attached hydrogens (tertiary/aromatic N) is 2. The maximum atomic E-state index is 13.0. The van der Waals surface area contributed by atoms with E-state index in [2.05, 4.69) is 10.6 Å². The van der Waals surface area contributed by atoms with Crippen LogP contribution in [-0.4, -0.2) is 53.4 Å². The Morgan fingerprint density at radius 1 is 1.18 bits per heavy atom. The SMILES string of the molecule is CC(C)c1ccccc1-c1c(/C=C/C(=O)N2CCNC(C(=O)NC3CC3)C2)cccc1[N+](=O)[O-]. The van der Waals surface area contributed by atoms with Gasteiger partial charge in [-0.25, -0.2) is 0 Å². The molecule has 1 aliphatic carbocycles. The first-order chi connectivity index (χ1) is 16.3. The van der Waals surface area contributed by atoms with E-state index in [1.54, 1.807) is 23.1 Å². The third-order valence-electron chi connectivity index (χ3n) is 6.26. The van der Waals surface area contributed by atoms with Gasteiger partial charge in [0.05, 0.1) is 10.5 Å². The molecule has 2 amide bonds. The molecule has 2 fully saturated rings. The van der Waals surface area contributed by atoms with Crippen LogP contribution < -0.4 is 10.6 Å². The molecule has 8 nitrogen and oxygen atoms in total. The van der Waals surface area contributed by atoms with Crippen LogP contribution in [0.25, 0.3) is 17.2 Å². The highest BCUT2D eigenvalue weighted by Gasteiger charge is 2.31. The van der Waals surface area contributed by atoms with Crippen molar-refractivity contribution in [1.29, 1.82) is 0 Å². The minimum absolute atomic E-state index is 0.00156. The van der Waals surface area contributed by atoms with E-state index in [4.69, 9.17) is 0 Å². The fraction of sp³-hybridized carbons (Fsp3) is 0.385. The lowest BCUT2D eigenvalue weighted by atomic mass is 9.89. The highest BCUT2D eigenvalue weighted by atomic mass is 16.6. The van der Waals surface area contributed by atoms with E-state index in [1.165, 1.54) is 12.1 Å². The molecule has 1 saturated carbocycles. The van der Waals surface area contributed by atoms with E-state index in [0.717, 1.165) is 24.0 Å². The molecule has 34 heavy (non-hydrogen) atoms. The fourth-order valence-electron chi connectivity index (χ4n) is 4.29. The number of nitrogens with one attached hydrogen (secondary N) is 2. The van der Waals surface area contributed by atoms with Crippen molar-refractivity contribution in [2.24, 2.45) is 0 Å². The van der Waals surface area contributed by atoms with Gasteiger partial charge in [0.15, 0.2) is 0 Å². The Kier molecular flexibility index (Phi) is 7.07. The van der Waals surface area contributed by atoms with Crippen LogP contribution in [0.5, 0.6) is 0 Å². The number of hydrogen-bond donors (Lipinski definition) is 2. The van der Waals surface area contributed by atoms with Gasteiger partial charge in [-0.3, -0.25) is 19.7 Å². The zero-order chi connectivity index (χ0) is 24.2. The number of rotatable bonds is 7. The van der Waals surface area contributed by atoms with Gasteiger partial charge in [-0.05, 0) is 41.5 Å². The molecule has 1 saturated heterocycles. The van der Waals surface area contributed by atoms with E-state index in [0.29, 0.717) is 30.8 Å². The highest BCUT2D eigenvalue weighted by molar-refractivity contribution is 5.95. The van der Waals surface area contributed by atoms with Crippen molar-refractivity contribution in [1.82, 2.24) is 15.5 Å². The molecule has 8 heteroatoms. The second-order valence-electron chi connectivity index (χ2n) is 9.15. The van der Waals surface area contributed by atoms with Gasteiger partial charge in [0, 0.05) is 37.8 Å². The van der Waals surface area contributed by atoms with Gasteiger partial charge < -0.3 is 15.5 Å². The topological polar surface area (TPSA) is 105 Å². The first-order valence-corrected chi connectivity index (χ1v) is 11.7. The van der Waals surface area contributed by atoms with E-state index >= 15 is 0 Å². The quantitative estimate of drug-likeness (QED) is 0.372. The van der Waals surface area contributed by atoms with Crippen molar-refractivity contribution in [3.8, 4) is 11.1 Å². The average Bonchev–Trinajstić information content (AvgIpc) is 3.66. The molecule has 2 aromatic rings. The fourth-order valence-corrected chi connectivity index (χ4v) is 4.29. The van der Waals surface area contributed by atoms with Crippen LogP contribution in [0, 0.1) is 10.1 Å². The van der Waals surface area contributed by atoms with Crippen LogP contribution in [0.1, 0.15) is 43.7 Å². The molecule has 0 aromatic heterocycles. The summed E-state index contributed by atoms with van der Waals surface area (Å²) in [4.78, 5) is 38.5. The molecule has 178 valence electrons. The van der Waals surface area contributed by atoms with Gasteiger partial charge in [0.1, 0.15) is 6.04 Å². The van der Waals surface area contributed by atoms with E-state index in [1.807, 2.05) is 38.1 Å². The Balaban J connectivity index is 1.59. The average molecular weight is 463 g/mol. The Morgan fingerprint density at radius 3 is 2.65 bits per heavy atom. The van der Waals surface area contributed by atoms with Crippen molar-refractivity contribution < 1.29 is 14.5 Å². The number of carbonyl (C=O) groups excluding carboxylic acids is 2. The van der Waals surface area contributed by atoms with Gasteiger partial charge in [0.25, 0.3) is 5.69 Å². The smallest absolute Gasteiger partial charge is 0.277 e. The van der Waals surface area contributed by atoms with Crippen molar-refractivity contribution in [3.05, 3.63) is 69.8 Å². The summed E-state index contributed by atoms with van der Waals surface area (Å²) in [6.07, 6.45) is 5.11. The number of amides is 2. The second kappa shape index (κ2) is 10.2. The van der Waals surface area contributed by atoms with Gasteiger partial charge in [0.2, 0.25) is 11.8 Å². The predicted molar refractivity (Wildman–Crippen MR) is 131 cm³/mol. The summed E-state index contributed by atoms with van der Waals surface area (Å²) in [5.74, 6) is -0.121. The van der Waals surface area contributed by atoms with Crippen LogP contribution >= 0.6 is 0 Å². The lowest BCUT2D eigenvalue weighted by molar-refractivity contribution is -0.384. The van der Waals surface area contributed by atoms with Crippen LogP contribution in [0.4, 0.5) is 5.69 Å². The molecule has 0 bridgehead atoms. The molecule has 0 spiro atoms. The van der Waals surface area contributed by atoms with Gasteiger partial charge in [-0.15, -0.1) is 0 Å². The lowest BCUT2D eigenvalue weighted by Gasteiger charge is -2.32. The van der Waals surface area contributed by atoms with Gasteiger partial charge >= 0.3 is 0 Å². The van der Waals surface area contributed by atoms with Crippen molar-refractivity contribution >= 4 is 23.6 Å². The molecule has 2 aromatic carbocycles. The monoisotopic (exact) mass is 462 g/mol. The minimum atomic E-state index is -0.432. The summed E-state index contributed by atoms with van der Waals surface area (Å²) in [5.41, 5.74) is 2.90. The minimum Gasteiger partial charge on any atom is -0.352 e. The number of hydrogen-bond acceptors (Lipinski definition) is 5. The summed E-state index contributed by atoms with van der Waals surface area (Å²) in [7, 11) is 0. The molecule has 0 radical (unpaired) electrons. The Morgan fingerprint density at radius 2 is 1.94 bits per heavy atom. The maximum Gasteiger partial charge on any atom is 0.277 e. The molecule has 2 aliphatic rings. The number of nitro groups is 1. The summed E-state index contributed by atoms with van der Waals surface area (Å²) in [6.45, 7) is 5.42. The van der Waals surface area contributed by atoms with Crippen molar-refractivity contribution in [2.75, 3.05) is 19.6 Å². The first kappa shape index (κ1) is 23.6. The third kappa shape index (κ3) is 5.34. The van der Waals surface area contributed by atoms with Crippen LogP contribution in [0.2, 0.25) is 0 Å². The van der Waals surface area contributed by atoms with Crippen LogP contribution in [0.15, 0.2) is 48.5 Å². The molecular formula is C26H30N4O4. The summed E-state index contributed by atoms with van der Waals surface area (Å²) in [5, 5.41) is 18.0. The Hall–Kier alpha value is -3.52. The van der Waals surface area contributed by atoms with Crippen LogP contribution in [-0.2, 0) is 9.59 Å². The number of piperazine rings is 1. The van der Waals surface area contributed by atoms with Crippen LogP contribution in [0.3, 0.4) is 0 Å². The standard InChI is InChI=1S/C26H30N4O4/c1-17(2)20-7-3-4-8-21(20)25-18(6-5-9-23(25)30(33)34)10-13-24(31)29-15-14-27-22(16-29)26(32)28-19-11-12-19/h3-10,13,17,19,22,27H,11-12,14-16H2,1-2H3,(H,28,32)/b13-10+. The first-order valence-electron chi connectivity index (χ1n) is 11.7. The summed E-state index contributed by atoms with van der Waals surface area (Å²) >= 11 is 0. The summed E-state index contributed by atoms with van der Waals surface area (Å²) < 4.78 is 0. The van der Waals surface area contributed by atoms with E-state index < -0.39 is 6.04 Å². The zero-order valence-electron chi connectivity index (χ0n) is 19.5. The third-order valence-corrected chi connectivity index (χ3v) is 6.26. The number of nitro benzene ring substituents is 1. The molecule has 2 N–H and O–H groups in total. The molecular weight excluding hydrogens is 432 g/mol. The highest BCUT2D eigenvalue weighted by Crippen LogP contribution is 2.38. The zero-order valence-corrected chi connectivity index (χ0v) is 19.5. The van der Waals surface area contributed by atoms with E-state index in [9.17, 15) is 19.7 Å². The largest absolute Gasteiger partial charge is 0.352 e.